The average Bonchev–Trinajstić information content (AvgIpc) is 3.12. The number of rotatable bonds is 3. The number of aromatic nitrogens is 2. The van der Waals surface area contributed by atoms with Gasteiger partial charge in [0.1, 0.15) is 11.3 Å². The lowest BCUT2D eigenvalue weighted by Crippen LogP contribution is -2.50. The summed E-state index contributed by atoms with van der Waals surface area (Å²) in [5.41, 5.74) is 1.06. The molecule has 9 heteroatoms. The summed E-state index contributed by atoms with van der Waals surface area (Å²) in [4.78, 5) is 18.9. The van der Waals surface area contributed by atoms with E-state index in [0.717, 1.165) is 0 Å². The predicted octanol–water partition coefficient (Wildman–Crippen LogP) is 2.13. The van der Waals surface area contributed by atoms with Crippen LogP contribution in [0.1, 0.15) is 10.5 Å². The van der Waals surface area contributed by atoms with Crippen molar-refractivity contribution in [2.24, 2.45) is 0 Å². The fourth-order valence-corrected chi connectivity index (χ4v) is 4.64. The largest absolute Gasteiger partial charge is 0.335 e. The molecule has 2 aromatic heterocycles. The number of nitrogens with zero attached hydrogens (tertiary/aromatic N) is 4. The molecule has 0 N–H and O–H groups in total. The Morgan fingerprint density at radius 1 is 1.00 bits per heavy atom. The lowest BCUT2D eigenvalue weighted by Gasteiger charge is -2.33. The fraction of sp³-hybridized carbons (Fsp3) is 0.222. The van der Waals surface area contributed by atoms with Crippen LogP contribution in [0.5, 0.6) is 0 Å². The molecule has 3 aromatic rings. The van der Waals surface area contributed by atoms with Crippen molar-refractivity contribution < 1.29 is 13.2 Å². The maximum atomic E-state index is 12.7. The molecule has 1 aromatic carbocycles. The number of benzene rings is 1. The first-order valence-electron chi connectivity index (χ1n) is 8.44. The molecule has 7 nitrogen and oxygen atoms in total. The Kier molecular flexibility index (Phi) is 4.63. The van der Waals surface area contributed by atoms with Crippen LogP contribution >= 0.6 is 11.6 Å². The molecular weight excluding hydrogens is 388 g/mol. The van der Waals surface area contributed by atoms with Crippen molar-refractivity contribution in [3.8, 4) is 0 Å². The van der Waals surface area contributed by atoms with Crippen LogP contribution in [0.4, 0.5) is 0 Å². The van der Waals surface area contributed by atoms with Gasteiger partial charge in [-0.3, -0.25) is 4.79 Å². The summed E-state index contributed by atoms with van der Waals surface area (Å²) in [5, 5.41) is 0.483. The Labute approximate surface area is 161 Å². The Bertz CT molecular complexity index is 1050. The maximum absolute atomic E-state index is 12.7. The van der Waals surface area contributed by atoms with E-state index in [0.29, 0.717) is 29.5 Å². The van der Waals surface area contributed by atoms with Crippen molar-refractivity contribution in [3.63, 3.8) is 0 Å². The van der Waals surface area contributed by atoms with Crippen molar-refractivity contribution in [1.29, 1.82) is 0 Å². The van der Waals surface area contributed by atoms with Gasteiger partial charge in [0.15, 0.2) is 0 Å². The summed E-state index contributed by atoms with van der Waals surface area (Å²) < 4.78 is 28.6. The Balaban J connectivity index is 1.46. The first-order valence-corrected chi connectivity index (χ1v) is 10.3. The van der Waals surface area contributed by atoms with Crippen LogP contribution in [-0.4, -0.2) is 59.1 Å². The molecule has 1 aliphatic rings. The lowest BCUT2D eigenvalue weighted by atomic mass is 10.3. The zero-order valence-corrected chi connectivity index (χ0v) is 15.9. The number of carbonyl (C=O) groups excluding carboxylic acids is 1. The number of halogens is 1. The van der Waals surface area contributed by atoms with E-state index in [9.17, 15) is 13.2 Å². The molecule has 0 bridgehead atoms. The minimum absolute atomic E-state index is 0.192. The summed E-state index contributed by atoms with van der Waals surface area (Å²) in [6, 6.07) is 11.6. The molecule has 3 heterocycles. The number of fused-ring (bicyclic) bond motifs is 1. The molecular formula is C18H17ClN4O3S. The summed E-state index contributed by atoms with van der Waals surface area (Å²) in [6.45, 7) is 1.12. The molecule has 1 saturated heterocycles. The molecule has 0 radical (unpaired) electrons. The number of pyridine rings is 1. The fourth-order valence-electron chi connectivity index (χ4n) is 3.09. The van der Waals surface area contributed by atoms with Gasteiger partial charge in [-0.15, -0.1) is 0 Å². The quantitative estimate of drug-likeness (QED) is 0.670. The molecule has 140 valence electrons. The van der Waals surface area contributed by atoms with Crippen LogP contribution < -0.4 is 0 Å². The standard InChI is InChI=1S/C18H17ClN4O3S/c19-14-4-6-15(7-5-14)27(25,26)23-11-9-21(10-12-23)18(24)16-13-22-8-2-1-3-17(22)20-16/h1-8,13H,9-12H2. The van der Waals surface area contributed by atoms with E-state index in [1.54, 1.807) is 27.6 Å². The molecule has 1 amide bonds. The van der Waals surface area contributed by atoms with Crippen molar-refractivity contribution in [3.05, 3.63) is 65.6 Å². The Hall–Kier alpha value is -2.42. The van der Waals surface area contributed by atoms with E-state index < -0.39 is 10.0 Å². The second-order valence-corrected chi connectivity index (χ2v) is 8.62. The smallest absolute Gasteiger partial charge is 0.274 e. The van der Waals surface area contributed by atoms with Crippen molar-refractivity contribution in [2.45, 2.75) is 4.90 Å². The van der Waals surface area contributed by atoms with Crippen molar-refractivity contribution in [2.75, 3.05) is 26.2 Å². The molecule has 1 aliphatic heterocycles. The first kappa shape index (κ1) is 18.0. The van der Waals surface area contributed by atoms with Gasteiger partial charge in [0.25, 0.3) is 5.91 Å². The molecule has 1 fully saturated rings. The normalized spacial score (nSPS) is 16.0. The SMILES string of the molecule is O=C(c1cn2ccccc2n1)N1CCN(S(=O)(=O)c2ccc(Cl)cc2)CC1. The lowest BCUT2D eigenvalue weighted by molar-refractivity contribution is 0.0692. The highest BCUT2D eigenvalue weighted by Gasteiger charge is 2.31. The van der Waals surface area contributed by atoms with Gasteiger partial charge in [-0.05, 0) is 36.4 Å². The summed E-state index contributed by atoms with van der Waals surface area (Å²) in [5.74, 6) is -0.192. The Morgan fingerprint density at radius 2 is 1.70 bits per heavy atom. The van der Waals surface area contributed by atoms with Gasteiger partial charge >= 0.3 is 0 Å². The highest BCUT2D eigenvalue weighted by atomic mass is 35.5. The third-order valence-corrected chi connectivity index (χ3v) is 6.73. The van der Waals surface area contributed by atoms with E-state index in [2.05, 4.69) is 4.98 Å². The summed E-state index contributed by atoms with van der Waals surface area (Å²) >= 11 is 5.83. The van der Waals surface area contributed by atoms with Gasteiger partial charge in [-0.1, -0.05) is 17.7 Å². The maximum Gasteiger partial charge on any atom is 0.274 e. The van der Waals surface area contributed by atoms with Crippen LogP contribution in [0, 0.1) is 0 Å². The molecule has 0 saturated carbocycles. The van der Waals surface area contributed by atoms with Crippen LogP contribution in [0.2, 0.25) is 5.02 Å². The third kappa shape index (κ3) is 3.43. The summed E-state index contributed by atoms with van der Waals surface area (Å²) in [7, 11) is -3.60. The van der Waals surface area contributed by atoms with Crippen LogP contribution in [0.3, 0.4) is 0 Å². The van der Waals surface area contributed by atoms with Gasteiger partial charge in [0, 0.05) is 43.6 Å². The van der Waals surface area contributed by atoms with Crippen LogP contribution in [0.15, 0.2) is 59.8 Å². The average molecular weight is 405 g/mol. The van der Waals surface area contributed by atoms with Gasteiger partial charge in [0.05, 0.1) is 4.90 Å². The second kappa shape index (κ2) is 6.95. The minimum atomic E-state index is -3.60. The van der Waals surface area contributed by atoms with Crippen LogP contribution in [0.25, 0.3) is 5.65 Å². The molecule has 0 aliphatic carbocycles. The van der Waals surface area contributed by atoms with E-state index >= 15 is 0 Å². The van der Waals surface area contributed by atoms with E-state index in [-0.39, 0.29) is 23.9 Å². The van der Waals surface area contributed by atoms with Gasteiger partial charge < -0.3 is 9.30 Å². The van der Waals surface area contributed by atoms with Gasteiger partial charge in [-0.25, -0.2) is 13.4 Å². The van der Waals surface area contributed by atoms with E-state index in [4.69, 9.17) is 11.6 Å². The molecule has 4 rings (SSSR count). The number of amides is 1. The summed E-state index contributed by atoms with van der Waals surface area (Å²) in [6.07, 6.45) is 3.52. The second-order valence-electron chi connectivity index (χ2n) is 6.24. The molecule has 0 atom stereocenters. The predicted molar refractivity (Wildman–Crippen MR) is 101 cm³/mol. The zero-order chi connectivity index (χ0) is 19.0. The number of piperazine rings is 1. The minimum Gasteiger partial charge on any atom is -0.335 e. The third-order valence-electron chi connectivity index (χ3n) is 4.56. The molecule has 0 spiro atoms. The highest BCUT2D eigenvalue weighted by molar-refractivity contribution is 7.89. The number of hydrogen-bond donors (Lipinski definition) is 0. The van der Waals surface area contributed by atoms with E-state index in [1.165, 1.54) is 16.4 Å². The number of sulfonamides is 1. The van der Waals surface area contributed by atoms with Gasteiger partial charge in [0.2, 0.25) is 10.0 Å². The highest BCUT2D eigenvalue weighted by Crippen LogP contribution is 2.20. The van der Waals surface area contributed by atoms with Crippen molar-refractivity contribution >= 4 is 33.2 Å². The van der Waals surface area contributed by atoms with E-state index in [1.807, 2.05) is 24.4 Å². The Morgan fingerprint density at radius 3 is 2.37 bits per heavy atom. The number of imidazole rings is 1. The monoisotopic (exact) mass is 404 g/mol. The zero-order valence-electron chi connectivity index (χ0n) is 14.3. The number of carbonyl (C=O) groups is 1. The van der Waals surface area contributed by atoms with Crippen molar-refractivity contribution in [1.82, 2.24) is 18.6 Å². The number of hydrogen-bond acceptors (Lipinski definition) is 4. The first-order chi connectivity index (χ1) is 12.9. The topological polar surface area (TPSA) is 75.0 Å². The molecule has 0 unspecified atom stereocenters. The molecule has 27 heavy (non-hydrogen) atoms. The van der Waals surface area contributed by atoms with Gasteiger partial charge in [-0.2, -0.15) is 4.31 Å². The van der Waals surface area contributed by atoms with Crippen LogP contribution in [-0.2, 0) is 10.0 Å².